The van der Waals surface area contributed by atoms with Gasteiger partial charge in [0.25, 0.3) is 5.69 Å². The molecule has 0 aliphatic rings. The summed E-state index contributed by atoms with van der Waals surface area (Å²) in [5, 5.41) is 18.7. The third kappa shape index (κ3) is 7.11. The molecule has 2 aromatic heterocycles. The molecule has 0 saturated heterocycles. The van der Waals surface area contributed by atoms with Gasteiger partial charge in [0.05, 0.1) is 16.0 Å². The average molecular weight is 587 g/mol. The number of nitrogens with zero attached hydrogens (tertiary/aromatic N) is 5. The summed E-state index contributed by atoms with van der Waals surface area (Å²) < 4.78 is 0. The van der Waals surface area contributed by atoms with Gasteiger partial charge in [0, 0.05) is 51.1 Å². The summed E-state index contributed by atoms with van der Waals surface area (Å²) in [6.45, 7) is 0. The minimum absolute atomic E-state index is 0. The summed E-state index contributed by atoms with van der Waals surface area (Å²) in [5.41, 5.74) is 11.1. The number of nitro benzene ring substituents is 1. The van der Waals surface area contributed by atoms with Crippen molar-refractivity contribution in [2.45, 2.75) is 0 Å². The number of nitrogens with two attached hydrogens (primary N) is 1. The molecule has 0 spiro atoms. The van der Waals surface area contributed by atoms with E-state index in [1.807, 2.05) is 60.7 Å². The highest BCUT2D eigenvalue weighted by Crippen LogP contribution is 2.27. The third-order valence-electron chi connectivity index (χ3n) is 6.07. The quantitative estimate of drug-likeness (QED) is 0.0877. The molecule has 0 bridgehead atoms. The summed E-state index contributed by atoms with van der Waals surface area (Å²) in [5.74, 6) is 6.35. The van der Waals surface area contributed by atoms with Gasteiger partial charge in [-0.15, -0.1) is 25.3 Å². The van der Waals surface area contributed by atoms with Gasteiger partial charge in [-0.1, -0.05) is 24.0 Å². The summed E-state index contributed by atoms with van der Waals surface area (Å²) in [7, 11) is 0. The Bertz CT molecular complexity index is 2040. The molecule has 0 amide bonds. The lowest BCUT2D eigenvalue weighted by atomic mass is 10.2. The summed E-state index contributed by atoms with van der Waals surface area (Å²) >= 11 is 0. The lowest BCUT2D eigenvalue weighted by Gasteiger charge is -2.09. The number of halogens is 1. The van der Waals surface area contributed by atoms with Crippen LogP contribution < -0.4 is 16.4 Å². The maximum Gasteiger partial charge on any atom is 0.270 e. The second kappa shape index (κ2) is 13.4. The number of terminal acetylenes is 2. The number of rotatable bonds is 5. The van der Waals surface area contributed by atoms with Crippen LogP contribution in [0.5, 0.6) is 0 Å². The van der Waals surface area contributed by atoms with E-state index in [0.29, 0.717) is 28.2 Å². The lowest BCUT2D eigenvalue weighted by Crippen LogP contribution is -1.97. The molecule has 10 nitrogen and oxygen atoms in total. The second-order valence-corrected chi connectivity index (χ2v) is 8.88. The maximum atomic E-state index is 10.9. The first-order valence-electron chi connectivity index (χ1n) is 12.5. The predicted octanol–water partition coefficient (Wildman–Crippen LogP) is 6.62. The molecule has 0 aliphatic heterocycles. The number of fused-ring (bicyclic) bond motifs is 2. The number of non-ortho nitro benzene ring substituents is 1. The van der Waals surface area contributed by atoms with Crippen LogP contribution in [0.25, 0.3) is 21.8 Å². The number of hydrogen-bond acceptors (Lipinski definition) is 9. The SMILES string of the molecule is C#Cc1cccc(Nc2ncnc3ccc(N)cc23)c1.C#Cc1cccc(Nc2ncnc3ccc([N+](=O)[O-])cc23)c1.Cl. The molecule has 0 atom stereocenters. The van der Waals surface area contributed by atoms with Gasteiger partial charge >= 0.3 is 0 Å². The van der Waals surface area contributed by atoms with Gasteiger partial charge < -0.3 is 16.4 Å². The molecular weight excluding hydrogens is 564 g/mol. The highest BCUT2D eigenvalue weighted by molar-refractivity contribution is 5.93. The summed E-state index contributed by atoms with van der Waals surface area (Å²) in [4.78, 5) is 27.2. The maximum absolute atomic E-state index is 10.9. The first kappa shape index (κ1) is 29.7. The molecule has 6 aromatic rings. The van der Waals surface area contributed by atoms with Gasteiger partial charge in [-0.2, -0.15) is 0 Å². The number of benzene rings is 4. The van der Waals surface area contributed by atoms with Crippen molar-refractivity contribution in [3.63, 3.8) is 0 Å². The van der Waals surface area contributed by atoms with Crippen LogP contribution in [0.4, 0.5) is 34.4 Å². The monoisotopic (exact) mass is 586 g/mol. The van der Waals surface area contributed by atoms with E-state index in [9.17, 15) is 10.1 Å². The van der Waals surface area contributed by atoms with Crippen LogP contribution in [0.3, 0.4) is 0 Å². The molecule has 0 unspecified atom stereocenters. The van der Waals surface area contributed by atoms with Crippen LogP contribution >= 0.6 is 12.4 Å². The standard InChI is InChI=1S/C16H10N4O2.C16H12N4.ClH/c1-2-11-4-3-5-12(8-11)19-16-14-9-13(20(21)22)6-7-15(14)17-10-18-16;1-2-11-4-3-5-13(8-11)20-16-14-9-12(17)6-7-15(14)18-10-19-16;/h1,3-10H,(H,17,18,19);1,3-10H,17H2,(H,18,19,20);1H. The fourth-order valence-electron chi connectivity index (χ4n) is 4.08. The Morgan fingerprint density at radius 2 is 1.21 bits per heavy atom. The topological polar surface area (TPSA) is 145 Å². The number of hydrogen-bond donors (Lipinski definition) is 3. The number of nitro groups is 1. The van der Waals surface area contributed by atoms with E-state index in [4.69, 9.17) is 18.6 Å². The Balaban J connectivity index is 0.000000193. The summed E-state index contributed by atoms with van der Waals surface area (Å²) in [6, 6.07) is 24.9. The molecule has 43 heavy (non-hydrogen) atoms. The number of nitrogens with one attached hydrogen (secondary N) is 2. The van der Waals surface area contributed by atoms with E-state index in [1.165, 1.54) is 24.8 Å². The molecule has 11 heteroatoms. The zero-order chi connectivity index (χ0) is 29.5. The average Bonchev–Trinajstić information content (AvgIpc) is 3.02. The molecule has 2 heterocycles. The summed E-state index contributed by atoms with van der Waals surface area (Å²) in [6.07, 6.45) is 13.7. The molecule has 4 N–H and O–H groups in total. The second-order valence-electron chi connectivity index (χ2n) is 8.88. The Morgan fingerprint density at radius 1 is 0.698 bits per heavy atom. The van der Waals surface area contributed by atoms with Crippen molar-refractivity contribution in [1.29, 1.82) is 0 Å². The normalized spacial score (nSPS) is 9.91. The van der Waals surface area contributed by atoms with Crippen molar-refractivity contribution in [2.24, 2.45) is 0 Å². The minimum Gasteiger partial charge on any atom is -0.399 e. The van der Waals surface area contributed by atoms with Crippen molar-refractivity contribution in [2.75, 3.05) is 16.4 Å². The van der Waals surface area contributed by atoms with E-state index in [2.05, 4.69) is 42.4 Å². The van der Waals surface area contributed by atoms with Gasteiger partial charge in [-0.25, -0.2) is 19.9 Å². The smallest absolute Gasteiger partial charge is 0.270 e. The molecule has 0 radical (unpaired) electrons. The first-order chi connectivity index (χ1) is 20.4. The Hall–Kier alpha value is -6.23. The molecule has 6 rings (SSSR count). The predicted molar refractivity (Wildman–Crippen MR) is 173 cm³/mol. The molecule has 0 saturated carbocycles. The van der Waals surface area contributed by atoms with Crippen molar-refractivity contribution >= 4 is 68.6 Å². The van der Waals surface area contributed by atoms with Crippen LogP contribution in [0.1, 0.15) is 11.1 Å². The van der Waals surface area contributed by atoms with E-state index in [-0.39, 0.29) is 18.1 Å². The highest BCUT2D eigenvalue weighted by Gasteiger charge is 2.11. The number of anilines is 5. The largest absolute Gasteiger partial charge is 0.399 e. The molecule has 210 valence electrons. The molecule has 0 fully saturated rings. The van der Waals surface area contributed by atoms with Gasteiger partial charge in [0.15, 0.2) is 0 Å². The number of aromatic nitrogens is 4. The Morgan fingerprint density at radius 3 is 1.72 bits per heavy atom. The van der Waals surface area contributed by atoms with Gasteiger partial charge in [0.2, 0.25) is 0 Å². The van der Waals surface area contributed by atoms with Gasteiger partial charge in [0.1, 0.15) is 24.3 Å². The highest BCUT2D eigenvalue weighted by atomic mass is 35.5. The van der Waals surface area contributed by atoms with Crippen molar-refractivity contribution in [3.05, 3.63) is 119 Å². The van der Waals surface area contributed by atoms with Crippen LogP contribution in [0, 0.1) is 34.8 Å². The van der Waals surface area contributed by atoms with Gasteiger partial charge in [-0.3, -0.25) is 10.1 Å². The fourth-order valence-corrected chi connectivity index (χ4v) is 4.08. The van der Waals surface area contributed by atoms with E-state index >= 15 is 0 Å². The lowest BCUT2D eigenvalue weighted by molar-refractivity contribution is -0.384. The van der Waals surface area contributed by atoms with Crippen molar-refractivity contribution in [3.8, 4) is 24.7 Å². The molecular formula is C32H23ClN8O2. The minimum atomic E-state index is -0.449. The van der Waals surface area contributed by atoms with Crippen LogP contribution in [-0.2, 0) is 0 Å². The Labute approximate surface area is 253 Å². The van der Waals surface area contributed by atoms with Crippen LogP contribution in [0.2, 0.25) is 0 Å². The fraction of sp³-hybridized carbons (Fsp3) is 0. The zero-order valence-corrected chi connectivity index (χ0v) is 23.2. The zero-order valence-electron chi connectivity index (χ0n) is 22.4. The van der Waals surface area contributed by atoms with E-state index in [1.54, 1.807) is 12.1 Å². The van der Waals surface area contributed by atoms with E-state index in [0.717, 1.165) is 33.4 Å². The van der Waals surface area contributed by atoms with Crippen LogP contribution in [0.15, 0.2) is 97.6 Å². The third-order valence-corrected chi connectivity index (χ3v) is 6.07. The molecule has 0 aliphatic carbocycles. The van der Waals surface area contributed by atoms with E-state index < -0.39 is 4.92 Å². The van der Waals surface area contributed by atoms with Crippen molar-refractivity contribution < 1.29 is 4.92 Å². The number of nitrogen functional groups attached to an aromatic ring is 1. The van der Waals surface area contributed by atoms with Crippen LogP contribution in [-0.4, -0.2) is 24.9 Å². The van der Waals surface area contributed by atoms with Crippen molar-refractivity contribution in [1.82, 2.24) is 19.9 Å². The van der Waals surface area contributed by atoms with Gasteiger partial charge in [-0.05, 0) is 60.7 Å². The molecule has 4 aromatic carbocycles. The Kier molecular flexibility index (Phi) is 9.28. The first-order valence-corrected chi connectivity index (χ1v) is 12.5.